The van der Waals surface area contributed by atoms with Crippen molar-refractivity contribution in [3.63, 3.8) is 0 Å². The fraction of sp³-hybridized carbons (Fsp3) is 0.409. The zero-order valence-corrected chi connectivity index (χ0v) is 21.1. The average molecular weight is 552 g/mol. The molecule has 1 atom stereocenters. The molecule has 1 unspecified atom stereocenters. The summed E-state index contributed by atoms with van der Waals surface area (Å²) < 4.78 is 1.98. The molecule has 3 aromatic rings. The maximum absolute atomic E-state index is 4.82. The smallest absolute Gasteiger partial charge is 0.192 e. The van der Waals surface area contributed by atoms with Crippen LogP contribution >= 0.6 is 35.3 Å². The van der Waals surface area contributed by atoms with Gasteiger partial charge < -0.3 is 20.1 Å². The van der Waals surface area contributed by atoms with E-state index >= 15 is 0 Å². The van der Waals surface area contributed by atoms with Crippen LogP contribution in [0.4, 0.5) is 5.69 Å². The van der Waals surface area contributed by atoms with Crippen molar-refractivity contribution >= 4 is 47.0 Å². The van der Waals surface area contributed by atoms with Crippen LogP contribution in [-0.2, 0) is 20.1 Å². The number of nitrogens with zero attached hydrogens (tertiary/aromatic N) is 5. The van der Waals surface area contributed by atoms with E-state index < -0.39 is 0 Å². The summed E-state index contributed by atoms with van der Waals surface area (Å²) in [5, 5.41) is 17.6. The molecule has 3 heterocycles. The highest BCUT2D eigenvalue weighted by molar-refractivity contribution is 14.0. The summed E-state index contributed by atoms with van der Waals surface area (Å²) in [6.45, 7) is 5.26. The number of aliphatic imine (C=N–C) groups is 1. The van der Waals surface area contributed by atoms with E-state index in [2.05, 4.69) is 73.6 Å². The summed E-state index contributed by atoms with van der Waals surface area (Å²) in [5.74, 6) is 2.58. The molecule has 0 bridgehead atoms. The monoisotopic (exact) mass is 551 g/mol. The normalized spacial score (nSPS) is 16.6. The SMILES string of the molecule is Cc1nnc(CN=C(NCc2cccs2)NC2CCCN(c3ccccc3)C2)n1C.I. The van der Waals surface area contributed by atoms with Crippen molar-refractivity contribution in [3.8, 4) is 0 Å². The van der Waals surface area contributed by atoms with Crippen LogP contribution in [0.3, 0.4) is 0 Å². The zero-order chi connectivity index (χ0) is 20.8. The standard InChI is InChI=1S/C22H29N7S.HI/c1-17-26-27-21(28(17)2)15-24-22(23-14-20-11-7-13-30-20)25-18-8-6-12-29(16-18)19-9-4-3-5-10-19;/h3-5,7,9-11,13,18H,6,8,12,14-16H2,1-2H3,(H2,23,24,25);1H. The third-order valence-corrected chi connectivity index (χ3v) is 6.33. The molecule has 2 aromatic heterocycles. The second-order valence-electron chi connectivity index (χ2n) is 7.59. The molecule has 0 spiro atoms. The Bertz CT molecular complexity index is 956. The molecule has 0 saturated carbocycles. The molecule has 4 rings (SSSR count). The Morgan fingerprint density at radius 1 is 1.19 bits per heavy atom. The quantitative estimate of drug-likeness (QED) is 0.278. The second-order valence-corrected chi connectivity index (χ2v) is 8.62. The van der Waals surface area contributed by atoms with Crippen LogP contribution in [0.2, 0.25) is 0 Å². The molecular weight excluding hydrogens is 521 g/mol. The second kappa shape index (κ2) is 11.5. The van der Waals surface area contributed by atoms with Gasteiger partial charge in [0, 0.05) is 36.7 Å². The fourth-order valence-corrected chi connectivity index (χ4v) is 4.28. The molecule has 31 heavy (non-hydrogen) atoms. The van der Waals surface area contributed by atoms with Crippen LogP contribution < -0.4 is 15.5 Å². The Kier molecular flexibility index (Phi) is 8.70. The number of benzene rings is 1. The number of aryl methyl sites for hydroxylation is 1. The molecule has 0 amide bonds. The molecule has 0 aliphatic carbocycles. The number of halogens is 1. The highest BCUT2D eigenvalue weighted by Gasteiger charge is 2.21. The lowest BCUT2D eigenvalue weighted by Crippen LogP contribution is -2.51. The van der Waals surface area contributed by atoms with Gasteiger partial charge in [0.25, 0.3) is 0 Å². The van der Waals surface area contributed by atoms with Crippen molar-refractivity contribution in [3.05, 3.63) is 64.4 Å². The molecule has 9 heteroatoms. The third-order valence-electron chi connectivity index (χ3n) is 5.46. The number of nitrogens with one attached hydrogen (secondary N) is 2. The van der Waals surface area contributed by atoms with E-state index in [0.717, 1.165) is 50.1 Å². The molecule has 166 valence electrons. The topological polar surface area (TPSA) is 70.4 Å². The predicted octanol–water partition coefficient (Wildman–Crippen LogP) is 3.71. The van der Waals surface area contributed by atoms with Gasteiger partial charge in [0.2, 0.25) is 0 Å². The first-order chi connectivity index (χ1) is 14.7. The van der Waals surface area contributed by atoms with Gasteiger partial charge in [-0.05, 0) is 43.3 Å². The van der Waals surface area contributed by atoms with Gasteiger partial charge in [-0.1, -0.05) is 24.3 Å². The first-order valence-electron chi connectivity index (χ1n) is 10.4. The molecule has 7 nitrogen and oxygen atoms in total. The molecule has 1 saturated heterocycles. The van der Waals surface area contributed by atoms with E-state index in [0.29, 0.717) is 12.6 Å². The van der Waals surface area contributed by atoms with Gasteiger partial charge in [-0.25, -0.2) is 4.99 Å². The zero-order valence-electron chi connectivity index (χ0n) is 18.0. The highest BCUT2D eigenvalue weighted by Crippen LogP contribution is 2.19. The lowest BCUT2D eigenvalue weighted by atomic mass is 10.1. The molecule has 1 aromatic carbocycles. The number of anilines is 1. The number of guanidine groups is 1. The number of thiophene rings is 1. The van der Waals surface area contributed by atoms with Crippen LogP contribution in [0.15, 0.2) is 52.8 Å². The van der Waals surface area contributed by atoms with Gasteiger partial charge in [0.05, 0.1) is 6.54 Å². The van der Waals surface area contributed by atoms with E-state index in [-0.39, 0.29) is 24.0 Å². The third kappa shape index (κ3) is 6.42. The van der Waals surface area contributed by atoms with Crippen molar-refractivity contribution in [2.24, 2.45) is 12.0 Å². The predicted molar refractivity (Wildman–Crippen MR) is 138 cm³/mol. The average Bonchev–Trinajstić information content (AvgIpc) is 3.41. The van der Waals surface area contributed by atoms with Gasteiger partial charge in [0.15, 0.2) is 11.8 Å². The molecule has 1 aliphatic heterocycles. The first-order valence-corrected chi connectivity index (χ1v) is 11.3. The molecule has 1 fully saturated rings. The summed E-state index contributed by atoms with van der Waals surface area (Å²) in [4.78, 5) is 8.55. The molecule has 1 aliphatic rings. The maximum Gasteiger partial charge on any atom is 0.192 e. The minimum atomic E-state index is 0. The summed E-state index contributed by atoms with van der Waals surface area (Å²) in [5.41, 5.74) is 1.28. The van der Waals surface area contributed by atoms with Crippen molar-refractivity contribution in [1.82, 2.24) is 25.4 Å². The molecule has 2 N–H and O–H groups in total. The largest absolute Gasteiger partial charge is 0.369 e. The Labute approximate surface area is 205 Å². The number of hydrogen-bond acceptors (Lipinski definition) is 5. The van der Waals surface area contributed by atoms with E-state index in [1.54, 1.807) is 11.3 Å². The Balaban J connectivity index is 0.00000272. The summed E-state index contributed by atoms with van der Waals surface area (Å²) >= 11 is 1.75. The Morgan fingerprint density at radius 2 is 2.03 bits per heavy atom. The van der Waals surface area contributed by atoms with Crippen LogP contribution in [-0.4, -0.2) is 39.9 Å². The van der Waals surface area contributed by atoms with E-state index in [1.165, 1.54) is 10.6 Å². The van der Waals surface area contributed by atoms with Gasteiger partial charge >= 0.3 is 0 Å². The van der Waals surface area contributed by atoms with E-state index in [1.807, 2.05) is 18.5 Å². The summed E-state index contributed by atoms with van der Waals surface area (Å²) in [7, 11) is 1.98. The van der Waals surface area contributed by atoms with Gasteiger partial charge in [-0.3, -0.25) is 0 Å². The van der Waals surface area contributed by atoms with Gasteiger partial charge in [-0.15, -0.1) is 45.5 Å². The highest BCUT2D eigenvalue weighted by atomic mass is 127. The minimum absolute atomic E-state index is 0. The number of aromatic nitrogens is 3. The van der Waals surface area contributed by atoms with Crippen molar-refractivity contribution in [1.29, 1.82) is 0 Å². The van der Waals surface area contributed by atoms with Crippen LogP contribution in [0.25, 0.3) is 0 Å². The number of hydrogen-bond donors (Lipinski definition) is 2. The Hall–Kier alpha value is -2.14. The summed E-state index contributed by atoms with van der Waals surface area (Å²) in [6, 6.07) is 15.2. The summed E-state index contributed by atoms with van der Waals surface area (Å²) in [6.07, 6.45) is 2.29. The van der Waals surface area contributed by atoms with E-state index in [4.69, 9.17) is 4.99 Å². The van der Waals surface area contributed by atoms with E-state index in [9.17, 15) is 0 Å². The van der Waals surface area contributed by atoms with Crippen LogP contribution in [0.5, 0.6) is 0 Å². The number of rotatable bonds is 6. The van der Waals surface area contributed by atoms with Crippen LogP contribution in [0, 0.1) is 6.92 Å². The van der Waals surface area contributed by atoms with Crippen molar-refractivity contribution in [2.45, 2.75) is 38.9 Å². The lowest BCUT2D eigenvalue weighted by Gasteiger charge is -2.35. The number of para-hydroxylation sites is 1. The van der Waals surface area contributed by atoms with Crippen LogP contribution in [0.1, 0.15) is 29.4 Å². The lowest BCUT2D eigenvalue weighted by molar-refractivity contribution is 0.467. The fourth-order valence-electron chi connectivity index (χ4n) is 3.64. The molecular formula is C22H30IN7S. The van der Waals surface area contributed by atoms with Crippen molar-refractivity contribution < 1.29 is 0 Å². The maximum atomic E-state index is 4.82. The van der Waals surface area contributed by atoms with Gasteiger partial charge in [0.1, 0.15) is 12.4 Å². The Morgan fingerprint density at radius 3 is 2.74 bits per heavy atom. The minimum Gasteiger partial charge on any atom is -0.369 e. The van der Waals surface area contributed by atoms with Crippen molar-refractivity contribution in [2.75, 3.05) is 18.0 Å². The molecule has 0 radical (unpaired) electrons. The number of piperidine rings is 1. The first kappa shape index (κ1) is 23.5. The van der Waals surface area contributed by atoms with Gasteiger partial charge in [-0.2, -0.15) is 0 Å².